The first-order chi connectivity index (χ1) is 8.83. The van der Waals surface area contributed by atoms with Crippen LogP contribution in [-0.2, 0) is 0 Å². The number of hydrogen-bond acceptors (Lipinski definition) is 0. The van der Waals surface area contributed by atoms with Gasteiger partial charge in [-0.3, -0.25) is 0 Å². The van der Waals surface area contributed by atoms with Gasteiger partial charge in [-0.25, -0.2) is 0 Å². The average molecular weight is 369 g/mol. The highest BCUT2D eigenvalue weighted by Crippen LogP contribution is 2.07. The van der Waals surface area contributed by atoms with Crippen LogP contribution >= 0.6 is 0 Å². The van der Waals surface area contributed by atoms with Gasteiger partial charge >= 0.3 is 0 Å². The third-order valence-electron chi connectivity index (χ3n) is 3.41. The molecule has 0 saturated heterocycles. The predicted molar refractivity (Wildman–Crippen MR) is 134 cm³/mol. The zero-order valence-corrected chi connectivity index (χ0v) is 13.9. The molecule has 0 bridgehead atoms. The summed E-state index contributed by atoms with van der Waals surface area (Å²) in [5.41, 5.74) is 0. The zero-order chi connectivity index (χ0) is 13.9. The molecule has 0 spiro atoms. The Hall–Kier alpha value is 0. The fraction of sp³-hybridized carbons (Fsp3) is 1.00. The van der Waals surface area contributed by atoms with Crippen molar-refractivity contribution in [1.82, 2.24) is 0 Å². The lowest BCUT2D eigenvalue weighted by Crippen LogP contribution is -1.77. The molecule has 25 heavy (non-hydrogen) atoms. The van der Waals surface area contributed by atoms with Gasteiger partial charge in [0.2, 0.25) is 0 Å². The lowest BCUT2D eigenvalue weighted by Gasteiger charge is -1.97. The normalized spacial score (nSPS) is 7.20. The summed E-state index contributed by atoms with van der Waals surface area (Å²) in [4.78, 5) is 0. The first-order valence-corrected chi connectivity index (χ1v) is 8.83. The highest BCUT2D eigenvalue weighted by molar-refractivity contribution is 4.43. The van der Waals surface area contributed by atoms with Gasteiger partial charge < -0.3 is 0 Å². The predicted octanol–water partition coefficient (Wildman–Crippen LogP) is 12.0. The number of unbranched alkanes of at least 4 members (excludes halogenated alkanes) is 12. The Labute approximate surface area is 170 Å². The largest absolute Gasteiger partial charge is 0.0776 e. The van der Waals surface area contributed by atoms with E-state index in [0.717, 1.165) is 0 Å². The van der Waals surface area contributed by atoms with Gasteiger partial charge in [0.25, 0.3) is 0 Å². The van der Waals surface area contributed by atoms with Gasteiger partial charge in [-0.2, -0.15) is 0 Å². The standard InChI is InChI=1S/C10H22.C8H18.7CH4/c1-3-5-7-9-10-8-6-4-2;1-3-5-7-8-6-4-2;;;;;;;/h3-10H2,1-2H3;3-8H2,1-2H3;7*1H4. The molecule has 0 heterocycles. The molecule has 0 rings (SSSR count). The smallest absolute Gasteiger partial charge is 0.0533 e. The Morgan fingerprint density at radius 3 is 0.480 bits per heavy atom. The van der Waals surface area contributed by atoms with Gasteiger partial charge in [-0.15, -0.1) is 0 Å². The molecule has 0 radical (unpaired) electrons. The molecule has 0 N–H and O–H groups in total. The number of rotatable bonds is 12. The quantitative estimate of drug-likeness (QED) is 0.300. The molecule has 0 aromatic heterocycles. The summed E-state index contributed by atoms with van der Waals surface area (Å²) in [6.45, 7) is 9.05. The molecule has 0 unspecified atom stereocenters. The van der Waals surface area contributed by atoms with E-state index >= 15 is 0 Å². The minimum atomic E-state index is 0. The summed E-state index contributed by atoms with van der Waals surface area (Å²) in [6.07, 6.45) is 19.9. The van der Waals surface area contributed by atoms with Gasteiger partial charge in [0.1, 0.15) is 0 Å². The van der Waals surface area contributed by atoms with Crippen LogP contribution in [0.3, 0.4) is 0 Å². The van der Waals surface area contributed by atoms with Crippen molar-refractivity contribution in [1.29, 1.82) is 0 Å². The maximum atomic E-state index is 2.27. The molecule has 0 aliphatic rings. The highest BCUT2D eigenvalue weighted by Gasteiger charge is 1.87. The second-order valence-corrected chi connectivity index (χ2v) is 5.54. The summed E-state index contributed by atoms with van der Waals surface area (Å²) in [5, 5.41) is 0. The van der Waals surface area contributed by atoms with E-state index < -0.39 is 0 Å². The Morgan fingerprint density at radius 1 is 0.240 bits per heavy atom. The van der Waals surface area contributed by atoms with Gasteiger partial charge in [-0.1, -0.05) is 170 Å². The van der Waals surface area contributed by atoms with E-state index in [-0.39, 0.29) is 52.0 Å². The van der Waals surface area contributed by atoms with Crippen LogP contribution in [0.25, 0.3) is 0 Å². The van der Waals surface area contributed by atoms with Crippen molar-refractivity contribution in [3.05, 3.63) is 0 Å². The van der Waals surface area contributed by atoms with Gasteiger partial charge in [-0.05, 0) is 0 Å². The minimum absolute atomic E-state index is 0. The topological polar surface area (TPSA) is 0 Å². The molecule has 0 atom stereocenters. The Morgan fingerprint density at radius 2 is 0.360 bits per heavy atom. The molecule has 0 nitrogen and oxygen atoms in total. The summed E-state index contributed by atoms with van der Waals surface area (Å²) in [6, 6.07) is 0. The van der Waals surface area contributed by atoms with E-state index in [4.69, 9.17) is 0 Å². The van der Waals surface area contributed by atoms with E-state index in [2.05, 4.69) is 27.7 Å². The first-order valence-electron chi connectivity index (χ1n) is 8.83. The van der Waals surface area contributed by atoms with Crippen LogP contribution in [0.15, 0.2) is 0 Å². The van der Waals surface area contributed by atoms with Crippen LogP contribution < -0.4 is 0 Å². The number of hydrogen-bond donors (Lipinski definition) is 0. The van der Waals surface area contributed by atoms with E-state index in [1.54, 1.807) is 0 Å². The fourth-order valence-corrected chi connectivity index (χ4v) is 2.06. The highest BCUT2D eigenvalue weighted by atomic mass is 13.9. The van der Waals surface area contributed by atoms with Crippen molar-refractivity contribution < 1.29 is 0 Å². The maximum absolute atomic E-state index is 2.27. The molecule has 0 amide bonds. The van der Waals surface area contributed by atoms with E-state index in [1.807, 2.05) is 0 Å². The third-order valence-corrected chi connectivity index (χ3v) is 3.41. The molecule has 168 valence electrons. The second kappa shape index (κ2) is 64.8. The molecule has 0 saturated carbocycles. The molecule has 0 aliphatic carbocycles. The van der Waals surface area contributed by atoms with Crippen LogP contribution in [0.4, 0.5) is 0 Å². The molecule has 0 aromatic carbocycles. The van der Waals surface area contributed by atoms with Crippen molar-refractivity contribution in [2.75, 3.05) is 0 Å². The lowest BCUT2D eigenvalue weighted by molar-refractivity contribution is 0.585. The van der Waals surface area contributed by atoms with Gasteiger partial charge in [0, 0.05) is 0 Å². The molecular formula is C25H68. The molecule has 0 aromatic rings. The maximum Gasteiger partial charge on any atom is -0.0533 e. The van der Waals surface area contributed by atoms with Crippen LogP contribution in [0.2, 0.25) is 0 Å². The van der Waals surface area contributed by atoms with Gasteiger partial charge in [0.15, 0.2) is 0 Å². The summed E-state index contributed by atoms with van der Waals surface area (Å²) >= 11 is 0. The summed E-state index contributed by atoms with van der Waals surface area (Å²) in [7, 11) is 0. The van der Waals surface area contributed by atoms with Crippen LogP contribution in [-0.4, -0.2) is 0 Å². The fourth-order valence-electron chi connectivity index (χ4n) is 2.06. The van der Waals surface area contributed by atoms with Crippen molar-refractivity contribution in [2.45, 2.75) is 170 Å². The van der Waals surface area contributed by atoms with E-state index in [0.29, 0.717) is 0 Å². The van der Waals surface area contributed by atoms with Crippen molar-refractivity contribution >= 4 is 0 Å². The molecular weight excluding hydrogens is 300 g/mol. The minimum Gasteiger partial charge on any atom is -0.0776 e. The Kier molecular flexibility index (Phi) is 146. The van der Waals surface area contributed by atoms with Crippen molar-refractivity contribution in [3.63, 3.8) is 0 Å². The first kappa shape index (κ1) is 56.2. The van der Waals surface area contributed by atoms with Crippen molar-refractivity contribution in [3.8, 4) is 0 Å². The third kappa shape index (κ3) is 80.7. The average Bonchev–Trinajstić information content (AvgIpc) is 2.40. The van der Waals surface area contributed by atoms with E-state index in [1.165, 1.54) is 89.9 Å². The van der Waals surface area contributed by atoms with Gasteiger partial charge in [0.05, 0.1) is 0 Å². The summed E-state index contributed by atoms with van der Waals surface area (Å²) < 4.78 is 0. The SMILES string of the molecule is C.C.C.C.C.C.C.CCCCCCCC.CCCCCCCCCC. The Bertz CT molecular complexity index is 92.6. The second-order valence-electron chi connectivity index (χ2n) is 5.54. The van der Waals surface area contributed by atoms with Crippen LogP contribution in [0.5, 0.6) is 0 Å². The van der Waals surface area contributed by atoms with Crippen molar-refractivity contribution in [2.24, 2.45) is 0 Å². The molecule has 0 heteroatoms. The molecule has 0 fully saturated rings. The van der Waals surface area contributed by atoms with Crippen LogP contribution in [0.1, 0.15) is 170 Å². The zero-order valence-electron chi connectivity index (χ0n) is 13.9. The molecule has 0 aliphatic heterocycles. The summed E-state index contributed by atoms with van der Waals surface area (Å²) in [5.74, 6) is 0. The van der Waals surface area contributed by atoms with E-state index in [9.17, 15) is 0 Å². The van der Waals surface area contributed by atoms with Crippen LogP contribution in [0, 0.1) is 0 Å². The Balaban J connectivity index is -0.0000000231. The lowest BCUT2D eigenvalue weighted by atomic mass is 10.1. The monoisotopic (exact) mass is 369 g/mol.